The zero-order chi connectivity index (χ0) is 14.4. The standard InChI is InChI=1S/C16H24N2O2/c1-2-17(13-16(19)20)12-15-9-6-10-18(15)11-14-7-4-3-5-8-14/h3-5,7-8,15H,2,6,9-13H2,1H3,(H,19,20). The molecule has 4 heteroatoms. The van der Waals surface area contributed by atoms with Crippen LogP contribution in [-0.2, 0) is 11.3 Å². The molecule has 4 nitrogen and oxygen atoms in total. The van der Waals surface area contributed by atoms with E-state index in [0.717, 1.165) is 26.2 Å². The lowest BCUT2D eigenvalue weighted by Crippen LogP contribution is -2.42. The zero-order valence-electron chi connectivity index (χ0n) is 12.2. The Morgan fingerprint density at radius 2 is 2.15 bits per heavy atom. The Bertz CT molecular complexity index is 422. The quantitative estimate of drug-likeness (QED) is 0.828. The number of likely N-dealkylation sites (N-methyl/N-ethyl adjacent to an activating group) is 1. The number of carbonyl (C=O) groups is 1. The van der Waals surface area contributed by atoms with Crippen molar-refractivity contribution in [1.29, 1.82) is 0 Å². The van der Waals surface area contributed by atoms with Gasteiger partial charge in [0.1, 0.15) is 0 Å². The third kappa shape index (κ3) is 4.32. The van der Waals surface area contributed by atoms with Crippen molar-refractivity contribution in [2.45, 2.75) is 32.4 Å². The molecule has 2 rings (SSSR count). The van der Waals surface area contributed by atoms with Gasteiger partial charge in [0.05, 0.1) is 6.54 Å². The van der Waals surface area contributed by atoms with Gasteiger partial charge in [0.25, 0.3) is 0 Å². The van der Waals surface area contributed by atoms with E-state index >= 15 is 0 Å². The molecule has 1 unspecified atom stereocenters. The third-order valence-electron chi connectivity index (χ3n) is 4.00. The van der Waals surface area contributed by atoms with Crippen LogP contribution in [0.15, 0.2) is 30.3 Å². The predicted octanol–water partition coefficient (Wildman–Crippen LogP) is 2.06. The Kier molecular flexibility index (Phi) is 5.56. The Balaban J connectivity index is 1.91. The molecule has 0 saturated carbocycles. The SMILES string of the molecule is CCN(CC(=O)O)CC1CCCN1Cc1ccccc1. The largest absolute Gasteiger partial charge is 0.480 e. The highest BCUT2D eigenvalue weighted by Crippen LogP contribution is 2.20. The summed E-state index contributed by atoms with van der Waals surface area (Å²) in [4.78, 5) is 15.4. The summed E-state index contributed by atoms with van der Waals surface area (Å²) in [7, 11) is 0. The highest BCUT2D eigenvalue weighted by atomic mass is 16.4. The summed E-state index contributed by atoms with van der Waals surface area (Å²) >= 11 is 0. The molecule has 110 valence electrons. The van der Waals surface area contributed by atoms with Crippen LogP contribution in [0.1, 0.15) is 25.3 Å². The summed E-state index contributed by atoms with van der Waals surface area (Å²) in [5.74, 6) is -0.737. The normalized spacial score (nSPS) is 19.6. The molecule has 1 aromatic carbocycles. The number of carboxylic acid groups (broad SMARTS) is 1. The fourth-order valence-electron chi connectivity index (χ4n) is 2.92. The molecule has 1 aliphatic heterocycles. The molecule has 1 heterocycles. The van der Waals surface area contributed by atoms with Crippen molar-refractivity contribution < 1.29 is 9.90 Å². The molecule has 20 heavy (non-hydrogen) atoms. The first kappa shape index (κ1) is 15.0. The molecule has 0 amide bonds. The highest BCUT2D eigenvalue weighted by Gasteiger charge is 2.26. The molecule has 0 aliphatic carbocycles. The molecule has 0 radical (unpaired) electrons. The Hall–Kier alpha value is -1.39. The number of hydrogen-bond acceptors (Lipinski definition) is 3. The molecular weight excluding hydrogens is 252 g/mol. The minimum absolute atomic E-state index is 0.145. The van der Waals surface area contributed by atoms with E-state index in [1.807, 2.05) is 17.9 Å². The summed E-state index contributed by atoms with van der Waals surface area (Å²) in [6.07, 6.45) is 2.38. The smallest absolute Gasteiger partial charge is 0.317 e. The van der Waals surface area contributed by atoms with Crippen LogP contribution in [0.2, 0.25) is 0 Å². The van der Waals surface area contributed by atoms with E-state index in [0.29, 0.717) is 6.04 Å². The minimum Gasteiger partial charge on any atom is -0.480 e. The molecular formula is C16H24N2O2. The summed E-state index contributed by atoms with van der Waals surface area (Å²) in [5, 5.41) is 8.93. The van der Waals surface area contributed by atoms with Crippen LogP contribution in [0.4, 0.5) is 0 Å². The predicted molar refractivity (Wildman–Crippen MR) is 79.6 cm³/mol. The lowest BCUT2D eigenvalue weighted by atomic mass is 10.1. The number of likely N-dealkylation sites (tertiary alicyclic amines) is 1. The lowest BCUT2D eigenvalue weighted by molar-refractivity contribution is -0.138. The fourth-order valence-corrected chi connectivity index (χ4v) is 2.92. The number of hydrogen-bond donors (Lipinski definition) is 1. The fraction of sp³-hybridized carbons (Fsp3) is 0.562. The van der Waals surface area contributed by atoms with Gasteiger partial charge in [-0.25, -0.2) is 0 Å². The number of aliphatic carboxylic acids is 1. The lowest BCUT2D eigenvalue weighted by Gasteiger charge is -2.29. The third-order valence-corrected chi connectivity index (χ3v) is 4.00. The maximum absolute atomic E-state index is 10.9. The molecule has 1 aliphatic rings. The van der Waals surface area contributed by atoms with Gasteiger partial charge in [-0.2, -0.15) is 0 Å². The van der Waals surface area contributed by atoms with Crippen LogP contribution in [0.25, 0.3) is 0 Å². The van der Waals surface area contributed by atoms with Crippen molar-refractivity contribution in [3.05, 3.63) is 35.9 Å². The van der Waals surface area contributed by atoms with E-state index in [-0.39, 0.29) is 6.54 Å². The van der Waals surface area contributed by atoms with Crippen LogP contribution >= 0.6 is 0 Å². The zero-order valence-corrected chi connectivity index (χ0v) is 12.2. The molecule has 0 bridgehead atoms. The summed E-state index contributed by atoms with van der Waals surface area (Å²) < 4.78 is 0. The summed E-state index contributed by atoms with van der Waals surface area (Å²) in [5.41, 5.74) is 1.33. The van der Waals surface area contributed by atoms with E-state index in [1.54, 1.807) is 0 Å². The van der Waals surface area contributed by atoms with Gasteiger partial charge < -0.3 is 5.11 Å². The van der Waals surface area contributed by atoms with E-state index < -0.39 is 5.97 Å². The van der Waals surface area contributed by atoms with Crippen LogP contribution in [0, 0.1) is 0 Å². The van der Waals surface area contributed by atoms with Crippen LogP contribution < -0.4 is 0 Å². The van der Waals surface area contributed by atoms with Crippen molar-refractivity contribution in [3.63, 3.8) is 0 Å². The van der Waals surface area contributed by atoms with E-state index in [9.17, 15) is 4.79 Å². The first-order valence-corrected chi connectivity index (χ1v) is 7.41. The van der Waals surface area contributed by atoms with Gasteiger partial charge >= 0.3 is 5.97 Å². The maximum Gasteiger partial charge on any atom is 0.317 e. The molecule has 1 aromatic rings. The second kappa shape index (κ2) is 7.41. The Labute approximate surface area is 121 Å². The van der Waals surface area contributed by atoms with Gasteiger partial charge in [0.15, 0.2) is 0 Å². The van der Waals surface area contributed by atoms with Crippen molar-refractivity contribution in [3.8, 4) is 0 Å². The molecule has 1 saturated heterocycles. The number of carboxylic acids is 1. The van der Waals surface area contributed by atoms with Gasteiger partial charge in [-0.15, -0.1) is 0 Å². The molecule has 1 atom stereocenters. The summed E-state index contributed by atoms with van der Waals surface area (Å²) in [6.45, 7) is 5.91. The van der Waals surface area contributed by atoms with Gasteiger partial charge in [-0.05, 0) is 31.5 Å². The summed E-state index contributed by atoms with van der Waals surface area (Å²) in [6, 6.07) is 11.0. The second-order valence-corrected chi connectivity index (χ2v) is 5.47. The van der Waals surface area contributed by atoms with Crippen LogP contribution in [-0.4, -0.2) is 53.1 Å². The topological polar surface area (TPSA) is 43.8 Å². The molecule has 1 N–H and O–H groups in total. The molecule has 0 spiro atoms. The van der Waals surface area contributed by atoms with Crippen molar-refractivity contribution >= 4 is 5.97 Å². The average Bonchev–Trinajstić information content (AvgIpc) is 2.86. The van der Waals surface area contributed by atoms with Crippen LogP contribution in [0.5, 0.6) is 0 Å². The van der Waals surface area contributed by atoms with E-state index in [1.165, 1.54) is 18.4 Å². The monoisotopic (exact) mass is 276 g/mol. The Morgan fingerprint density at radius 1 is 1.40 bits per heavy atom. The molecule has 1 fully saturated rings. The van der Waals surface area contributed by atoms with E-state index in [2.05, 4.69) is 29.2 Å². The highest BCUT2D eigenvalue weighted by molar-refractivity contribution is 5.69. The second-order valence-electron chi connectivity index (χ2n) is 5.47. The molecule has 0 aromatic heterocycles. The first-order chi connectivity index (χ1) is 9.69. The van der Waals surface area contributed by atoms with Crippen LogP contribution in [0.3, 0.4) is 0 Å². The number of nitrogens with zero attached hydrogens (tertiary/aromatic N) is 2. The van der Waals surface area contributed by atoms with E-state index in [4.69, 9.17) is 5.11 Å². The first-order valence-electron chi connectivity index (χ1n) is 7.41. The Morgan fingerprint density at radius 3 is 2.80 bits per heavy atom. The van der Waals surface area contributed by atoms with Gasteiger partial charge in [0.2, 0.25) is 0 Å². The van der Waals surface area contributed by atoms with Gasteiger partial charge in [-0.1, -0.05) is 37.3 Å². The number of rotatable bonds is 7. The van der Waals surface area contributed by atoms with Crippen molar-refractivity contribution in [2.24, 2.45) is 0 Å². The van der Waals surface area contributed by atoms with Crippen molar-refractivity contribution in [2.75, 3.05) is 26.2 Å². The maximum atomic E-state index is 10.9. The van der Waals surface area contributed by atoms with Crippen molar-refractivity contribution in [1.82, 2.24) is 9.80 Å². The van der Waals surface area contributed by atoms with Gasteiger partial charge in [-0.3, -0.25) is 14.6 Å². The van der Waals surface area contributed by atoms with Gasteiger partial charge in [0, 0.05) is 19.1 Å². The average molecular weight is 276 g/mol. The number of benzene rings is 1. The minimum atomic E-state index is -0.737.